The van der Waals surface area contributed by atoms with Crippen LogP contribution in [0.15, 0.2) is 5.16 Å². The lowest BCUT2D eigenvalue weighted by atomic mass is 10.3. The summed E-state index contributed by atoms with van der Waals surface area (Å²) in [5.74, 6) is 0. The molecule has 80 valence electrons. The molecule has 0 saturated heterocycles. The highest BCUT2D eigenvalue weighted by Gasteiger charge is 2.09. The lowest BCUT2D eigenvalue weighted by Gasteiger charge is -2.13. The van der Waals surface area contributed by atoms with E-state index in [9.17, 15) is 0 Å². The predicted octanol–water partition coefficient (Wildman–Crippen LogP) is 0.689. The normalized spacial score (nSPS) is 13.5. The number of nitrogens with one attached hydrogen (secondary N) is 1. The number of hydrogen-bond donors (Lipinski definition) is 1. The number of aryl methyl sites for hydroxylation is 1. The third-order valence-electron chi connectivity index (χ3n) is 1.70. The summed E-state index contributed by atoms with van der Waals surface area (Å²) in [5.41, 5.74) is 0. The van der Waals surface area contributed by atoms with Crippen LogP contribution in [0.1, 0.15) is 20.8 Å². The first-order valence-corrected chi connectivity index (χ1v) is 5.60. The molecule has 0 amide bonds. The van der Waals surface area contributed by atoms with E-state index >= 15 is 0 Å². The molecule has 1 rings (SSSR count). The number of rotatable bonds is 5. The Morgan fingerprint density at radius 2 is 2.14 bits per heavy atom. The fourth-order valence-electron chi connectivity index (χ4n) is 0.944. The second kappa shape index (κ2) is 5.31. The van der Waals surface area contributed by atoms with E-state index < -0.39 is 0 Å². The first-order valence-electron chi connectivity index (χ1n) is 4.72. The lowest BCUT2D eigenvalue weighted by molar-refractivity contribution is 0.587. The van der Waals surface area contributed by atoms with Gasteiger partial charge >= 0.3 is 0 Å². The zero-order valence-corrected chi connectivity index (χ0v) is 9.88. The van der Waals surface area contributed by atoms with Gasteiger partial charge in [-0.05, 0) is 10.4 Å². The van der Waals surface area contributed by atoms with Crippen molar-refractivity contribution in [3.8, 4) is 0 Å². The molecule has 0 aromatic carbocycles. The standard InChI is InChI=1S/C8H17N5S/c1-6(2)9-5-7(3)14-8-10-11-12-13(8)4/h6-7,9H,5H2,1-4H3. The van der Waals surface area contributed by atoms with Crippen molar-refractivity contribution in [2.24, 2.45) is 7.05 Å². The number of hydrogen-bond acceptors (Lipinski definition) is 5. The number of aromatic nitrogens is 4. The Hall–Kier alpha value is -0.620. The molecule has 0 aliphatic heterocycles. The van der Waals surface area contributed by atoms with Crippen LogP contribution >= 0.6 is 11.8 Å². The van der Waals surface area contributed by atoms with Gasteiger partial charge in [0.2, 0.25) is 5.16 Å². The van der Waals surface area contributed by atoms with E-state index in [1.54, 1.807) is 16.4 Å². The fraction of sp³-hybridized carbons (Fsp3) is 0.875. The molecule has 14 heavy (non-hydrogen) atoms. The monoisotopic (exact) mass is 215 g/mol. The topological polar surface area (TPSA) is 55.6 Å². The van der Waals surface area contributed by atoms with Crippen LogP contribution in [-0.4, -0.2) is 38.0 Å². The summed E-state index contributed by atoms with van der Waals surface area (Å²) in [4.78, 5) is 0. The van der Waals surface area contributed by atoms with Crippen molar-refractivity contribution in [1.29, 1.82) is 0 Å². The highest BCUT2D eigenvalue weighted by molar-refractivity contribution is 7.99. The Kier molecular flexibility index (Phi) is 4.34. The smallest absolute Gasteiger partial charge is 0.209 e. The molecule has 0 aliphatic rings. The third-order valence-corrected chi connectivity index (χ3v) is 2.83. The van der Waals surface area contributed by atoms with Crippen LogP contribution in [0, 0.1) is 0 Å². The van der Waals surface area contributed by atoms with E-state index in [0.717, 1.165) is 11.7 Å². The molecule has 1 heterocycles. The van der Waals surface area contributed by atoms with Crippen LogP contribution in [0.3, 0.4) is 0 Å². The van der Waals surface area contributed by atoms with Crippen molar-refractivity contribution in [2.45, 2.75) is 37.2 Å². The van der Waals surface area contributed by atoms with Gasteiger partial charge in [-0.2, -0.15) is 0 Å². The highest BCUT2D eigenvalue weighted by atomic mass is 32.2. The van der Waals surface area contributed by atoms with Crippen LogP contribution in [-0.2, 0) is 7.05 Å². The summed E-state index contributed by atoms with van der Waals surface area (Å²) in [6.45, 7) is 7.41. The van der Waals surface area contributed by atoms with E-state index in [-0.39, 0.29) is 0 Å². The molecular weight excluding hydrogens is 198 g/mol. The molecule has 0 fully saturated rings. The maximum Gasteiger partial charge on any atom is 0.209 e. The molecule has 6 heteroatoms. The first kappa shape index (κ1) is 11.5. The summed E-state index contributed by atoms with van der Waals surface area (Å²) >= 11 is 1.68. The lowest BCUT2D eigenvalue weighted by Crippen LogP contribution is -2.29. The van der Waals surface area contributed by atoms with Crippen molar-refractivity contribution in [2.75, 3.05) is 6.54 Å². The van der Waals surface area contributed by atoms with Gasteiger partial charge in [0.15, 0.2) is 0 Å². The average molecular weight is 215 g/mol. The largest absolute Gasteiger partial charge is 0.313 e. The Morgan fingerprint density at radius 1 is 1.43 bits per heavy atom. The summed E-state index contributed by atoms with van der Waals surface area (Å²) in [5, 5.41) is 16.0. The van der Waals surface area contributed by atoms with Crippen LogP contribution in [0.5, 0.6) is 0 Å². The fourth-order valence-corrected chi connectivity index (χ4v) is 1.76. The van der Waals surface area contributed by atoms with Gasteiger partial charge in [-0.15, -0.1) is 5.10 Å². The van der Waals surface area contributed by atoms with Gasteiger partial charge in [0.25, 0.3) is 0 Å². The Bertz CT molecular complexity index is 272. The summed E-state index contributed by atoms with van der Waals surface area (Å²) in [6.07, 6.45) is 0. The van der Waals surface area contributed by atoms with Crippen molar-refractivity contribution >= 4 is 11.8 Å². The first-order chi connectivity index (χ1) is 6.59. The van der Waals surface area contributed by atoms with Gasteiger partial charge < -0.3 is 5.32 Å². The number of thioether (sulfide) groups is 1. The molecular formula is C8H17N5S. The van der Waals surface area contributed by atoms with Gasteiger partial charge in [0, 0.05) is 24.9 Å². The van der Waals surface area contributed by atoms with E-state index in [1.165, 1.54) is 0 Å². The number of nitrogens with zero attached hydrogens (tertiary/aromatic N) is 4. The van der Waals surface area contributed by atoms with E-state index in [0.29, 0.717) is 11.3 Å². The SMILES string of the molecule is CC(C)NCC(C)Sc1nnnn1C. The van der Waals surface area contributed by atoms with Crippen LogP contribution in [0.2, 0.25) is 0 Å². The van der Waals surface area contributed by atoms with Crippen LogP contribution < -0.4 is 5.32 Å². The van der Waals surface area contributed by atoms with Crippen molar-refractivity contribution < 1.29 is 0 Å². The molecule has 1 unspecified atom stereocenters. The molecule has 0 bridgehead atoms. The Labute approximate surface area is 88.6 Å². The van der Waals surface area contributed by atoms with Gasteiger partial charge in [0.1, 0.15) is 0 Å². The molecule has 0 saturated carbocycles. The summed E-state index contributed by atoms with van der Waals surface area (Å²) in [7, 11) is 1.85. The maximum atomic E-state index is 3.92. The van der Waals surface area contributed by atoms with E-state index in [1.807, 2.05) is 7.05 Å². The molecule has 1 N–H and O–H groups in total. The summed E-state index contributed by atoms with van der Waals surface area (Å²) in [6, 6.07) is 0.524. The van der Waals surface area contributed by atoms with Crippen LogP contribution in [0.4, 0.5) is 0 Å². The molecule has 5 nitrogen and oxygen atoms in total. The molecule has 1 aromatic heterocycles. The zero-order chi connectivity index (χ0) is 10.6. The van der Waals surface area contributed by atoms with Crippen molar-refractivity contribution in [3.63, 3.8) is 0 Å². The van der Waals surface area contributed by atoms with Crippen molar-refractivity contribution in [3.05, 3.63) is 0 Å². The van der Waals surface area contributed by atoms with E-state index in [4.69, 9.17) is 0 Å². The quantitative estimate of drug-likeness (QED) is 0.732. The van der Waals surface area contributed by atoms with Gasteiger partial charge in [0.05, 0.1) is 0 Å². The third kappa shape index (κ3) is 3.63. The van der Waals surface area contributed by atoms with Gasteiger partial charge in [-0.1, -0.05) is 32.5 Å². The summed E-state index contributed by atoms with van der Waals surface area (Å²) < 4.78 is 1.69. The van der Waals surface area contributed by atoms with Crippen molar-refractivity contribution in [1.82, 2.24) is 25.5 Å². The minimum atomic E-state index is 0.474. The predicted molar refractivity (Wildman–Crippen MR) is 57.3 cm³/mol. The second-order valence-corrected chi connectivity index (χ2v) is 4.98. The highest BCUT2D eigenvalue weighted by Crippen LogP contribution is 2.18. The average Bonchev–Trinajstić information content (AvgIpc) is 2.49. The Balaban J connectivity index is 2.34. The maximum absolute atomic E-state index is 3.92. The second-order valence-electron chi connectivity index (χ2n) is 3.58. The van der Waals surface area contributed by atoms with Gasteiger partial charge in [-0.3, -0.25) is 0 Å². The van der Waals surface area contributed by atoms with E-state index in [2.05, 4.69) is 41.6 Å². The molecule has 0 radical (unpaired) electrons. The van der Waals surface area contributed by atoms with Crippen LogP contribution in [0.25, 0.3) is 0 Å². The minimum Gasteiger partial charge on any atom is -0.313 e. The molecule has 1 aromatic rings. The Morgan fingerprint density at radius 3 is 2.64 bits per heavy atom. The number of tetrazole rings is 1. The zero-order valence-electron chi connectivity index (χ0n) is 9.06. The molecule has 0 spiro atoms. The minimum absolute atomic E-state index is 0.474. The molecule has 0 aliphatic carbocycles. The van der Waals surface area contributed by atoms with Gasteiger partial charge in [-0.25, -0.2) is 4.68 Å². The molecule has 1 atom stereocenters.